The third kappa shape index (κ3) is 4.67. The van der Waals surface area contributed by atoms with Crippen molar-refractivity contribution in [1.29, 1.82) is 0 Å². The molecule has 6 nitrogen and oxygen atoms in total. The van der Waals surface area contributed by atoms with Crippen LogP contribution in [0.25, 0.3) is 100 Å². The van der Waals surface area contributed by atoms with Gasteiger partial charge in [-0.1, -0.05) is 140 Å². The first kappa shape index (κ1) is 30.2. The van der Waals surface area contributed by atoms with E-state index in [1.807, 2.05) is 72.9 Å². The summed E-state index contributed by atoms with van der Waals surface area (Å²) in [7, 11) is 0. The van der Waals surface area contributed by atoms with E-state index < -0.39 is 0 Å². The predicted octanol–water partition coefficient (Wildman–Crippen LogP) is 11.6. The van der Waals surface area contributed by atoms with Crippen molar-refractivity contribution in [3.05, 3.63) is 182 Å². The van der Waals surface area contributed by atoms with Crippen molar-refractivity contribution < 1.29 is 0 Å². The smallest absolute Gasteiger partial charge is 0.182 e. The Morgan fingerprint density at radius 2 is 0.981 bits per heavy atom. The van der Waals surface area contributed by atoms with Crippen LogP contribution < -0.4 is 0 Å². The normalized spacial score (nSPS) is 11.7. The quantitative estimate of drug-likeness (QED) is 0.180. The molecule has 0 radical (unpaired) electrons. The Labute approximate surface area is 310 Å². The standard InChI is InChI=1S/C48H30N6/c1-4-14-31(15-5-1)36-21-13-25-42-44(36)37-28-26-32-20-12-24-41-43(32)45(37)54(42)40-23-11-10-22-39(40)53(41)35-27-29-38(49-30-35)48-51-46(33-16-6-2-7-17-33)50-47(52-48)34-18-8-3-9-19-34/h1-30H. The molecule has 0 amide bonds. The number of hydrogen-bond donors (Lipinski definition) is 0. The van der Waals surface area contributed by atoms with Gasteiger partial charge < -0.3 is 8.97 Å². The Bertz CT molecular complexity index is 3110. The second-order valence-corrected chi connectivity index (χ2v) is 13.5. The van der Waals surface area contributed by atoms with Crippen molar-refractivity contribution in [3.63, 3.8) is 0 Å². The molecule has 0 fully saturated rings. The van der Waals surface area contributed by atoms with Gasteiger partial charge in [0.1, 0.15) is 5.69 Å². The zero-order valence-electron chi connectivity index (χ0n) is 29.0. The molecular formula is C48H30N6. The Balaban J connectivity index is 1.16. The first-order chi connectivity index (χ1) is 26.8. The first-order valence-corrected chi connectivity index (χ1v) is 18.1. The summed E-state index contributed by atoms with van der Waals surface area (Å²) in [6.45, 7) is 0. The SMILES string of the molecule is c1ccc(-c2nc(-c3ccccc3)nc(-c3ccc(-n4c5cccc6ccc7c8c(-c9ccccc9)cccc8n(c8ccccc84)c7c65)cn3)n2)cc1. The minimum absolute atomic E-state index is 0.522. The minimum atomic E-state index is 0.522. The summed E-state index contributed by atoms with van der Waals surface area (Å²) in [4.78, 5) is 19.8. The van der Waals surface area contributed by atoms with Crippen LogP contribution in [0.3, 0.4) is 0 Å². The van der Waals surface area contributed by atoms with Crippen LogP contribution in [0.15, 0.2) is 182 Å². The van der Waals surface area contributed by atoms with Gasteiger partial charge in [-0.05, 0) is 52.9 Å². The number of pyridine rings is 1. The van der Waals surface area contributed by atoms with E-state index in [4.69, 9.17) is 19.9 Å². The van der Waals surface area contributed by atoms with Crippen molar-refractivity contribution in [1.82, 2.24) is 28.9 Å². The van der Waals surface area contributed by atoms with E-state index in [0.717, 1.165) is 33.4 Å². The molecule has 0 aliphatic heterocycles. The molecule has 0 saturated carbocycles. The summed E-state index contributed by atoms with van der Waals surface area (Å²) in [6, 6.07) is 61.4. The number of aromatic nitrogens is 6. The molecule has 11 rings (SSSR count). The summed E-state index contributed by atoms with van der Waals surface area (Å²) < 4.78 is 4.80. The van der Waals surface area contributed by atoms with Crippen LogP contribution in [0.1, 0.15) is 0 Å². The lowest BCUT2D eigenvalue weighted by molar-refractivity contribution is 1.05. The van der Waals surface area contributed by atoms with Crippen LogP contribution in [-0.2, 0) is 0 Å². The number of fused-ring (bicyclic) bond motifs is 5. The van der Waals surface area contributed by atoms with Crippen molar-refractivity contribution in [3.8, 4) is 51.1 Å². The van der Waals surface area contributed by atoms with E-state index in [2.05, 4.69) is 118 Å². The fourth-order valence-corrected chi connectivity index (χ4v) is 8.02. The highest BCUT2D eigenvalue weighted by Gasteiger charge is 2.21. The van der Waals surface area contributed by atoms with E-state index in [1.54, 1.807) is 0 Å². The summed E-state index contributed by atoms with van der Waals surface area (Å²) in [5, 5.41) is 4.86. The van der Waals surface area contributed by atoms with Crippen LogP contribution in [0, 0.1) is 0 Å². The number of nitrogens with zero attached hydrogens (tertiary/aromatic N) is 6. The molecule has 54 heavy (non-hydrogen) atoms. The average molecular weight is 691 g/mol. The lowest BCUT2D eigenvalue weighted by Gasteiger charge is -2.13. The van der Waals surface area contributed by atoms with Crippen molar-refractivity contribution in [2.75, 3.05) is 0 Å². The Morgan fingerprint density at radius 1 is 0.389 bits per heavy atom. The zero-order chi connectivity index (χ0) is 35.6. The summed E-state index contributed by atoms with van der Waals surface area (Å²) in [5.41, 5.74) is 11.5. The number of rotatable bonds is 5. The average Bonchev–Trinajstić information content (AvgIpc) is 3.53. The molecule has 0 aliphatic rings. The molecule has 0 saturated heterocycles. The van der Waals surface area contributed by atoms with Crippen molar-refractivity contribution >= 4 is 49.1 Å². The topological polar surface area (TPSA) is 60.9 Å². The highest BCUT2D eigenvalue weighted by atomic mass is 15.1. The first-order valence-electron chi connectivity index (χ1n) is 18.1. The molecule has 11 aromatic rings. The molecule has 0 unspecified atom stereocenters. The van der Waals surface area contributed by atoms with Crippen LogP contribution in [0.2, 0.25) is 0 Å². The fourth-order valence-electron chi connectivity index (χ4n) is 8.02. The molecule has 0 N–H and O–H groups in total. The maximum atomic E-state index is 5.04. The largest absolute Gasteiger partial charge is 0.306 e. The Hall–Kier alpha value is -7.44. The van der Waals surface area contributed by atoms with Gasteiger partial charge in [0.15, 0.2) is 17.5 Å². The van der Waals surface area contributed by atoms with Gasteiger partial charge in [0, 0.05) is 27.3 Å². The summed E-state index contributed by atoms with van der Waals surface area (Å²) >= 11 is 0. The monoisotopic (exact) mass is 690 g/mol. The van der Waals surface area contributed by atoms with E-state index in [9.17, 15) is 0 Å². The molecule has 4 heterocycles. The van der Waals surface area contributed by atoms with Crippen LogP contribution in [0.5, 0.6) is 0 Å². The molecule has 0 bridgehead atoms. The Kier molecular flexibility index (Phi) is 6.75. The van der Waals surface area contributed by atoms with Crippen LogP contribution >= 0.6 is 0 Å². The van der Waals surface area contributed by atoms with Crippen molar-refractivity contribution in [2.24, 2.45) is 0 Å². The van der Waals surface area contributed by atoms with Crippen LogP contribution in [0.4, 0.5) is 0 Å². The molecule has 0 atom stereocenters. The van der Waals surface area contributed by atoms with Gasteiger partial charge in [-0.25, -0.2) is 15.0 Å². The molecule has 0 spiro atoms. The van der Waals surface area contributed by atoms with Gasteiger partial charge in [0.25, 0.3) is 0 Å². The van der Waals surface area contributed by atoms with Crippen LogP contribution in [-0.4, -0.2) is 28.9 Å². The fraction of sp³-hybridized carbons (Fsp3) is 0. The van der Waals surface area contributed by atoms with E-state index in [1.165, 1.54) is 43.7 Å². The lowest BCUT2D eigenvalue weighted by atomic mass is 9.98. The third-order valence-corrected chi connectivity index (χ3v) is 10.4. The second kappa shape index (κ2) is 12.1. The van der Waals surface area contributed by atoms with Gasteiger partial charge >= 0.3 is 0 Å². The maximum Gasteiger partial charge on any atom is 0.182 e. The van der Waals surface area contributed by atoms with Gasteiger partial charge in [0.05, 0.1) is 39.5 Å². The predicted molar refractivity (Wildman–Crippen MR) is 220 cm³/mol. The molecule has 6 heteroatoms. The molecule has 4 aromatic heterocycles. The summed E-state index contributed by atoms with van der Waals surface area (Å²) in [6.07, 6.45) is 1.94. The molecular weight excluding hydrogens is 661 g/mol. The molecule has 0 aliphatic carbocycles. The van der Waals surface area contributed by atoms with Gasteiger partial charge in [-0.3, -0.25) is 4.98 Å². The van der Waals surface area contributed by atoms with Gasteiger partial charge in [0.2, 0.25) is 0 Å². The van der Waals surface area contributed by atoms with E-state index in [0.29, 0.717) is 23.2 Å². The van der Waals surface area contributed by atoms with Crippen molar-refractivity contribution in [2.45, 2.75) is 0 Å². The van der Waals surface area contributed by atoms with E-state index in [-0.39, 0.29) is 0 Å². The minimum Gasteiger partial charge on any atom is -0.306 e. The zero-order valence-corrected chi connectivity index (χ0v) is 29.0. The lowest BCUT2D eigenvalue weighted by Crippen LogP contribution is -2.02. The number of benzene rings is 7. The Morgan fingerprint density at radius 3 is 1.67 bits per heavy atom. The summed E-state index contributed by atoms with van der Waals surface area (Å²) in [5.74, 6) is 1.74. The highest BCUT2D eigenvalue weighted by Crippen LogP contribution is 2.43. The van der Waals surface area contributed by atoms with Gasteiger partial charge in [-0.15, -0.1) is 0 Å². The number of hydrogen-bond acceptors (Lipinski definition) is 4. The molecule has 7 aromatic carbocycles. The van der Waals surface area contributed by atoms with Gasteiger partial charge in [-0.2, -0.15) is 0 Å². The van der Waals surface area contributed by atoms with E-state index >= 15 is 0 Å². The highest BCUT2D eigenvalue weighted by molar-refractivity contribution is 6.26. The molecule has 252 valence electrons. The number of para-hydroxylation sites is 2. The third-order valence-electron chi connectivity index (χ3n) is 10.4. The maximum absolute atomic E-state index is 5.04. The second-order valence-electron chi connectivity index (χ2n) is 13.5.